The summed E-state index contributed by atoms with van der Waals surface area (Å²) in [6, 6.07) is 16.2. The normalized spacial score (nSPS) is 14.2. The van der Waals surface area contributed by atoms with Crippen LogP contribution in [0.1, 0.15) is 24.8 Å². The lowest BCUT2D eigenvalue weighted by Gasteiger charge is -2.28. The number of amides is 1. The van der Waals surface area contributed by atoms with E-state index in [1.807, 2.05) is 12.1 Å². The molecule has 0 saturated carbocycles. The average molecular weight is 488 g/mol. The number of halogens is 1. The van der Waals surface area contributed by atoms with Gasteiger partial charge in [-0.2, -0.15) is 0 Å². The largest absolute Gasteiger partial charge is 0.372 e. The molecule has 0 spiro atoms. The second-order valence-electron chi connectivity index (χ2n) is 7.91. The highest BCUT2D eigenvalue weighted by Gasteiger charge is 2.28. The summed E-state index contributed by atoms with van der Waals surface area (Å²) in [5.41, 5.74) is 2.33. The molecule has 1 N–H and O–H groups in total. The fourth-order valence-corrected chi connectivity index (χ4v) is 6.33. The van der Waals surface area contributed by atoms with Gasteiger partial charge in [0.2, 0.25) is 5.91 Å². The fourth-order valence-electron chi connectivity index (χ4n) is 3.80. The molecule has 4 rings (SSSR count). The third-order valence-corrected chi connectivity index (χ3v) is 8.74. The highest BCUT2D eigenvalue weighted by molar-refractivity contribution is 7.94. The number of thiophene rings is 1. The Labute approximate surface area is 197 Å². The lowest BCUT2D eigenvalue weighted by Crippen LogP contribution is -2.40. The van der Waals surface area contributed by atoms with Crippen molar-refractivity contribution in [2.45, 2.75) is 30.0 Å². The van der Waals surface area contributed by atoms with Gasteiger partial charge in [0, 0.05) is 25.3 Å². The van der Waals surface area contributed by atoms with Crippen LogP contribution in [0.5, 0.6) is 0 Å². The molecule has 0 unspecified atom stereocenters. The number of nitrogens with zero attached hydrogens (tertiary/aromatic N) is 2. The van der Waals surface area contributed by atoms with Gasteiger partial charge in [-0.05, 0) is 72.7 Å². The summed E-state index contributed by atoms with van der Waals surface area (Å²) in [6.45, 7) is 2.01. The van der Waals surface area contributed by atoms with Gasteiger partial charge >= 0.3 is 0 Å². The smallest absolute Gasteiger partial charge is 0.274 e. The molecule has 1 aliphatic rings. The Bertz CT molecular complexity index is 1160. The van der Waals surface area contributed by atoms with Crippen LogP contribution >= 0.6 is 11.3 Å². The zero-order valence-electron chi connectivity index (χ0n) is 18.1. The number of hydrogen-bond donors (Lipinski definition) is 1. The molecule has 3 aromatic rings. The first-order valence-corrected chi connectivity index (χ1v) is 13.2. The number of carbonyl (C=O) groups excluding carboxylic acids is 1. The van der Waals surface area contributed by atoms with Crippen LogP contribution < -0.4 is 14.5 Å². The van der Waals surface area contributed by atoms with E-state index in [1.54, 1.807) is 11.4 Å². The monoisotopic (exact) mass is 487 g/mol. The quantitative estimate of drug-likeness (QED) is 0.512. The first-order chi connectivity index (χ1) is 15.9. The number of sulfonamides is 1. The van der Waals surface area contributed by atoms with Crippen LogP contribution in [0.25, 0.3) is 0 Å². The summed E-state index contributed by atoms with van der Waals surface area (Å²) < 4.78 is 40.8. The van der Waals surface area contributed by atoms with Crippen molar-refractivity contribution in [1.82, 2.24) is 5.32 Å². The van der Waals surface area contributed by atoms with E-state index in [4.69, 9.17) is 0 Å². The van der Waals surface area contributed by atoms with Crippen molar-refractivity contribution in [1.29, 1.82) is 0 Å². The molecule has 174 valence electrons. The maximum atomic E-state index is 13.4. The number of anilines is 2. The molecule has 0 radical (unpaired) electrons. The molecule has 6 nitrogen and oxygen atoms in total. The van der Waals surface area contributed by atoms with Gasteiger partial charge in [-0.25, -0.2) is 12.8 Å². The van der Waals surface area contributed by atoms with Crippen LogP contribution in [-0.2, 0) is 21.4 Å². The summed E-state index contributed by atoms with van der Waals surface area (Å²) in [7, 11) is -3.96. The molecule has 2 aromatic carbocycles. The topological polar surface area (TPSA) is 69.7 Å². The van der Waals surface area contributed by atoms with E-state index in [2.05, 4.69) is 22.3 Å². The van der Waals surface area contributed by atoms with E-state index in [9.17, 15) is 17.6 Å². The molecule has 0 aliphatic carbocycles. The molecular weight excluding hydrogens is 461 g/mol. The maximum absolute atomic E-state index is 13.4. The highest BCUT2D eigenvalue weighted by atomic mass is 32.2. The van der Waals surface area contributed by atoms with Crippen molar-refractivity contribution in [2.24, 2.45) is 0 Å². The second-order valence-corrected chi connectivity index (χ2v) is 10.9. The van der Waals surface area contributed by atoms with Crippen LogP contribution in [-0.4, -0.2) is 34.0 Å². The Morgan fingerprint density at radius 2 is 1.70 bits per heavy atom. The SMILES string of the molecule is O=C(CN(c1ccc(F)cc1)S(=O)(=O)c1cccs1)NCc1ccc(N2CCCCC2)cc1. The zero-order valence-corrected chi connectivity index (χ0v) is 19.7. The number of nitrogens with one attached hydrogen (secondary N) is 1. The lowest BCUT2D eigenvalue weighted by molar-refractivity contribution is -0.119. The third kappa shape index (κ3) is 5.72. The minimum atomic E-state index is -3.96. The molecular formula is C24H26FN3O3S2. The number of piperidine rings is 1. The summed E-state index contributed by atoms with van der Waals surface area (Å²) in [4.78, 5) is 15.1. The van der Waals surface area contributed by atoms with Crippen LogP contribution in [0.3, 0.4) is 0 Å². The van der Waals surface area contributed by atoms with Gasteiger partial charge in [0.15, 0.2) is 0 Å². The van der Waals surface area contributed by atoms with Gasteiger partial charge in [-0.1, -0.05) is 18.2 Å². The summed E-state index contributed by atoms with van der Waals surface area (Å²) in [5, 5.41) is 4.45. The van der Waals surface area contributed by atoms with E-state index >= 15 is 0 Å². The van der Waals surface area contributed by atoms with Gasteiger partial charge in [0.1, 0.15) is 16.6 Å². The lowest BCUT2D eigenvalue weighted by atomic mass is 10.1. The zero-order chi connectivity index (χ0) is 23.3. The molecule has 1 amide bonds. The Morgan fingerprint density at radius 3 is 2.33 bits per heavy atom. The van der Waals surface area contributed by atoms with Crippen molar-refractivity contribution in [3.63, 3.8) is 0 Å². The third-order valence-electron chi connectivity index (χ3n) is 5.59. The Morgan fingerprint density at radius 1 is 1.00 bits per heavy atom. The number of carbonyl (C=O) groups is 1. The first kappa shape index (κ1) is 23.3. The Balaban J connectivity index is 1.43. The Kier molecular flexibility index (Phi) is 7.29. The standard InChI is InChI=1S/C24H26FN3O3S2/c25-20-8-12-22(13-9-20)28(33(30,31)24-5-4-16-32-24)18-23(29)26-17-19-6-10-21(11-7-19)27-14-2-1-3-15-27/h4-13,16H,1-3,14-15,17-18H2,(H,26,29). The van der Waals surface area contributed by atoms with Gasteiger partial charge < -0.3 is 10.2 Å². The molecule has 2 heterocycles. The van der Waals surface area contributed by atoms with Crippen LogP contribution in [0.15, 0.2) is 70.3 Å². The average Bonchev–Trinajstić information content (AvgIpc) is 3.39. The van der Waals surface area contributed by atoms with E-state index in [0.717, 1.165) is 34.3 Å². The molecule has 1 fully saturated rings. The number of rotatable bonds is 8. The van der Waals surface area contributed by atoms with Crippen molar-refractivity contribution < 1.29 is 17.6 Å². The molecule has 0 bridgehead atoms. The minimum Gasteiger partial charge on any atom is -0.372 e. The van der Waals surface area contributed by atoms with E-state index < -0.39 is 28.3 Å². The van der Waals surface area contributed by atoms with Crippen molar-refractivity contribution in [2.75, 3.05) is 28.8 Å². The van der Waals surface area contributed by atoms with Gasteiger partial charge in [-0.3, -0.25) is 9.10 Å². The highest BCUT2D eigenvalue weighted by Crippen LogP contribution is 2.26. The number of hydrogen-bond acceptors (Lipinski definition) is 5. The minimum absolute atomic E-state index is 0.118. The molecule has 1 aliphatic heterocycles. The van der Waals surface area contributed by atoms with Crippen molar-refractivity contribution in [3.05, 3.63) is 77.4 Å². The van der Waals surface area contributed by atoms with Crippen LogP contribution in [0.4, 0.5) is 15.8 Å². The molecule has 0 atom stereocenters. The molecule has 1 aromatic heterocycles. The molecule has 1 saturated heterocycles. The van der Waals surface area contributed by atoms with Gasteiger partial charge in [-0.15, -0.1) is 11.3 Å². The predicted octanol–water partition coefficient (Wildman–Crippen LogP) is 4.39. The maximum Gasteiger partial charge on any atom is 0.274 e. The van der Waals surface area contributed by atoms with Crippen LogP contribution in [0, 0.1) is 5.82 Å². The van der Waals surface area contributed by atoms with Crippen molar-refractivity contribution >= 4 is 38.6 Å². The van der Waals surface area contributed by atoms with E-state index in [0.29, 0.717) is 0 Å². The van der Waals surface area contributed by atoms with Gasteiger partial charge in [0.25, 0.3) is 10.0 Å². The molecule has 33 heavy (non-hydrogen) atoms. The molecule has 9 heteroatoms. The van der Waals surface area contributed by atoms with Gasteiger partial charge in [0.05, 0.1) is 5.69 Å². The summed E-state index contributed by atoms with van der Waals surface area (Å²) >= 11 is 1.07. The van der Waals surface area contributed by atoms with Crippen LogP contribution in [0.2, 0.25) is 0 Å². The Hall–Kier alpha value is -2.91. The summed E-state index contributed by atoms with van der Waals surface area (Å²) in [6.07, 6.45) is 3.69. The summed E-state index contributed by atoms with van der Waals surface area (Å²) in [5.74, 6) is -0.927. The van der Waals surface area contributed by atoms with E-state index in [-0.39, 0.29) is 16.4 Å². The first-order valence-electron chi connectivity index (χ1n) is 10.9. The van der Waals surface area contributed by atoms with E-state index in [1.165, 1.54) is 55.3 Å². The fraction of sp³-hybridized carbons (Fsp3) is 0.292. The number of benzene rings is 2. The predicted molar refractivity (Wildman–Crippen MR) is 130 cm³/mol. The van der Waals surface area contributed by atoms with Crippen molar-refractivity contribution in [3.8, 4) is 0 Å². The second kappa shape index (κ2) is 10.4.